The van der Waals surface area contributed by atoms with Crippen LogP contribution in [0.25, 0.3) is 0 Å². The second-order valence-corrected chi connectivity index (χ2v) is 7.72. The number of anilines is 2. The summed E-state index contributed by atoms with van der Waals surface area (Å²) in [5.41, 5.74) is 2.92. The van der Waals surface area contributed by atoms with Crippen molar-refractivity contribution in [3.8, 4) is 0 Å². The molecule has 1 aliphatic heterocycles. The molecule has 1 heterocycles. The summed E-state index contributed by atoms with van der Waals surface area (Å²) in [5, 5.41) is 3.00. The number of carbonyl (C=O) groups excluding carboxylic acids is 1. The zero-order valence-electron chi connectivity index (χ0n) is 16.9. The largest absolute Gasteiger partial charge is 0.416 e. The van der Waals surface area contributed by atoms with Crippen molar-refractivity contribution in [2.24, 2.45) is 0 Å². The topological polar surface area (TPSA) is 36.8 Å². The van der Waals surface area contributed by atoms with Crippen LogP contribution in [0.4, 0.5) is 24.5 Å². The first kappa shape index (κ1) is 21.2. The number of rotatable bonds is 4. The smallest absolute Gasteiger partial charge is 0.360 e. The van der Waals surface area contributed by atoms with Crippen LogP contribution in [-0.2, 0) is 11.0 Å². The van der Waals surface area contributed by atoms with E-state index in [9.17, 15) is 18.0 Å². The number of nitrogens with zero attached hydrogens (tertiary/aromatic N) is 1. The van der Waals surface area contributed by atoms with E-state index in [1.165, 1.54) is 12.1 Å². The third-order valence-electron chi connectivity index (χ3n) is 5.59. The molecule has 156 valence electrons. The van der Waals surface area contributed by atoms with E-state index >= 15 is 0 Å². The van der Waals surface area contributed by atoms with Gasteiger partial charge in [0.2, 0.25) is 0 Å². The van der Waals surface area contributed by atoms with Crippen molar-refractivity contribution in [3.05, 3.63) is 59.2 Å². The number of aryl methyl sites for hydroxylation is 2. The maximum Gasteiger partial charge on any atom is 0.416 e. The van der Waals surface area contributed by atoms with Crippen molar-refractivity contribution >= 4 is 17.3 Å². The number of benzene rings is 2. The van der Waals surface area contributed by atoms with Crippen LogP contribution in [0.2, 0.25) is 0 Å². The van der Waals surface area contributed by atoms with E-state index in [0.29, 0.717) is 31.9 Å². The first-order valence-electron chi connectivity index (χ1n) is 9.80. The monoisotopic (exact) mass is 406 g/mol. The number of piperazine rings is 1. The lowest BCUT2D eigenvalue weighted by Crippen LogP contribution is -3.19. The van der Waals surface area contributed by atoms with Crippen LogP contribution in [-0.4, -0.2) is 38.1 Å². The van der Waals surface area contributed by atoms with Crippen LogP contribution < -0.4 is 15.1 Å². The number of nitrogens with one attached hydrogen (secondary N) is 2. The van der Waals surface area contributed by atoms with Gasteiger partial charge >= 0.3 is 6.18 Å². The lowest BCUT2D eigenvalue weighted by Gasteiger charge is -2.36. The number of carbonyl (C=O) groups is 1. The normalized spacial score (nSPS) is 16.6. The third-order valence-corrected chi connectivity index (χ3v) is 5.59. The lowest BCUT2D eigenvalue weighted by atomic mass is 10.1. The fraction of sp³-hybridized carbons (Fsp3) is 0.409. The molecule has 1 saturated heterocycles. The van der Waals surface area contributed by atoms with E-state index in [-0.39, 0.29) is 11.9 Å². The Bertz CT molecular complexity index is 874. The van der Waals surface area contributed by atoms with Crippen molar-refractivity contribution in [1.82, 2.24) is 0 Å². The minimum Gasteiger partial charge on any atom is -0.360 e. The lowest BCUT2D eigenvalue weighted by molar-refractivity contribution is -0.914. The van der Waals surface area contributed by atoms with Gasteiger partial charge in [-0.25, -0.2) is 0 Å². The molecule has 0 bridgehead atoms. The van der Waals surface area contributed by atoms with Crippen LogP contribution in [0.3, 0.4) is 0 Å². The van der Waals surface area contributed by atoms with E-state index in [2.05, 4.69) is 5.32 Å². The molecular formula is C22H27F3N3O+. The Morgan fingerprint density at radius 3 is 2.41 bits per heavy atom. The molecule has 4 nitrogen and oxygen atoms in total. The SMILES string of the molecule is Cc1ccc(NC(=O)[C@H](C)[NH+]2CCN(c3cccc(C(F)(F)F)c3)CC2)c(C)c1. The number of quaternary nitrogens is 1. The van der Waals surface area contributed by atoms with Gasteiger partial charge in [-0.2, -0.15) is 13.2 Å². The summed E-state index contributed by atoms with van der Waals surface area (Å²) in [6, 6.07) is 11.1. The molecule has 0 spiro atoms. The number of amides is 1. The molecule has 0 aromatic heterocycles. The minimum absolute atomic E-state index is 0.0422. The number of hydrogen-bond acceptors (Lipinski definition) is 2. The van der Waals surface area contributed by atoms with Gasteiger partial charge in [-0.05, 0) is 50.6 Å². The Kier molecular flexibility index (Phi) is 6.17. The van der Waals surface area contributed by atoms with Crippen molar-refractivity contribution in [2.75, 3.05) is 36.4 Å². The van der Waals surface area contributed by atoms with Gasteiger partial charge < -0.3 is 15.1 Å². The fourth-order valence-electron chi connectivity index (χ4n) is 3.74. The Hall–Kier alpha value is -2.54. The summed E-state index contributed by atoms with van der Waals surface area (Å²) >= 11 is 0. The average Bonchev–Trinajstić information content (AvgIpc) is 2.69. The zero-order chi connectivity index (χ0) is 21.2. The van der Waals surface area contributed by atoms with Gasteiger partial charge in [0, 0.05) is 11.4 Å². The minimum atomic E-state index is -4.34. The molecule has 2 aromatic rings. The Labute approximate surface area is 169 Å². The highest BCUT2D eigenvalue weighted by molar-refractivity contribution is 5.94. The summed E-state index contributed by atoms with van der Waals surface area (Å²) in [6.45, 7) is 8.47. The van der Waals surface area contributed by atoms with Crippen LogP contribution in [0.15, 0.2) is 42.5 Å². The average molecular weight is 406 g/mol. The molecule has 1 aliphatic rings. The molecule has 7 heteroatoms. The summed E-state index contributed by atoms with van der Waals surface area (Å²) in [5.74, 6) is -0.0422. The van der Waals surface area contributed by atoms with Gasteiger partial charge in [0.15, 0.2) is 6.04 Å². The predicted molar refractivity (Wildman–Crippen MR) is 108 cm³/mol. The van der Waals surface area contributed by atoms with E-state index < -0.39 is 11.7 Å². The highest BCUT2D eigenvalue weighted by Crippen LogP contribution is 2.31. The summed E-state index contributed by atoms with van der Waals surface area (Å²) < 4.78 is 38.9. The molecule has 29 heavy (non-hydrogen) atoms. The van der Waals surface area contributed by atoms with E-state index in [1.807, 2.05) is 43.9 Å². The molecule has 0 saturated carbocycles. The van der Waals surface area contributed by atoms with Gasteiger partial charge in [-0.15, -0.1) is 0 Å². The molecule has 1 atom stereocenters. The van der Waals surface area contributed by atoms with E-state index in [1.54, 1.807) is 6.07 Å². The maximum atomic E-state index is 13.0. The highest BCUT2D eigenvalue weighted by Gasteiger charge is 2.32. The molecule has 0 radical (unpaired) electrons. The quantitative estimate of drug-likeness (QED) is 0.819. The van der Waals surface area contributed by atoms with Crippen LogP contribution >= 0.6 is 0 Å². The van der Waals surface area contributed by atoms with Crippen molar-refractivity contribution < 1.29 is 22.9 Å². The number of alkyl halides is 3. The van der Waals surface area contributed by atoms with Gasteiger partial charge in [0.05, 0.1) is 31.7 Å². The van der Waals surface area contributed by atoms with Crippen molar-refractivity contribution in [3.63, 3.8) is 0 Å². The molecule has 2 aromatic carbocycles. The van der Waals surface area contributed by atoms with Gasteiger partial charge in [-0.3, -0.25) is 4.79 Å². The maximum absolute atomic E-state index is 13.0. The van der Waals surface area contributed by atoms with Gasteiger partial charge in [-0.1, -0.05) is 23.8 Å². The molecule has 3 rings (SSSR count). The zero-order valence-corrected chi connectivity index (χ0v) is 16.9. The molecule has 0 aliphatic carbocycles. The number of halogens is 3. The van der Waals surface area contributed by atoms with Gasteiger partial charge in [0.25, 0.3) is 5.91 Å². The van der Waals surface area contributed by atoms with E-state index in [4.69, 9.17) is 0 Å². The molecule has 1 amide bonds. The summed E-state index contributed by atoms with van der Waals surface area (Å²) in [4.78, 5) is 15.8. The molecule has 0 unspecified atom stereocenters. The Balaban J connectivity index is 1.59. The third kappa shape index (κ3) is 5.09. The first-order chi connectivity index (χ1) is 13.6. The van der Waals surface area contributed by atoms with Crippen LogP contribution in [0.5, 0.6) is 0 Å². The Morgan fingerprint density at radius 1 is 1.10 bits per heavy atom. The molecule has 1 fully saturated rings. The highest BCUT2D eigenvalue weighted by atomic mass is 19.4. The van der Waals surface area contributed by atoms with Crippen molar-refractivity contribution in [1.29, 1.82) is 0 Å². The van der Waals surface area contributed by atoms with Crippen LogP contribution in [0, 0.1) is 13.8 Å². The van der Waals surface area contributed by atoms with Crippen LogP contribution in [0.1, 0.15) is 23.6 Å². The standard InChI is InChI=1S/C22H26F3N3O/c1-15-7-8-20(16(2)13-15)26-21(29)17(3)27-9-11-28(12-10-27)19-6-4-5-18(14-19)22(23,24)25/h4-8,13-14,17H,9-12H2,1-3H3,(H,26,29)/p+1/t17-/m0/s1. The summed E-state index contributed by atoms with van der Waals surface area (Å²) in [6.07, 6.45) is -4.34. The fourth-order valence-corrected chi connectivity index (χ4v) is 3.74. The van der Waals surface area contributed by atoms with E-state index in [0.717, 1.165) is 27.8 Å². The second kappa shape index (κ2) is 8.45. The Morgan fingerprint density at radius 2 is 1.79 bits per heavy atom. The number of hydrogen-bond donors (Lipinski definition) is 2. The second-order valence-electron chi connectivity index (χ2n) is 7.72. The molecular weight excluding hydrogens is 379 g/mol. The molecule has 2 N–H and O–H groups in total. The summed E-state index contributed by atoms with van der Waals surface area (Å²) in [7, 11) is 0. The van der Waals surface area contributed by atoms with Gasteiger partial charge in [0.1, 0.15) is 0 Å². The first-order valence-corrected chi connectivity index (χ1v) is 9.80. The van der Waals surface area contributed by atoms with Crippen molar-refractivity contribution in [2.45, 2.75) is 33.0 Å². The predicted octanol–water partition coefficient (Wildman–Crippen LogP) is 3.05.